The molecule has 0 aliphatic heterocycles. The molecule has 0 saturated heterocycles. The Morgan fingerprint density at radius 1 is 1.22 bits per heavy atom. The van der Waals surface area contributed by atoms with E-state index in [9.17, 15) is 22.8 Å². The molecule has 0 unspecified atom stereocenters. The summed E-state index contributed by atoms with van der Waals surface area (Å²) in [6.07, 6.45) is -1.75. The van der Waals surface area contributed by atoms with Gasteiger partial charge in [-0.2, -0.15) is 23.4 Å². The van der Waals surface area contributed by atoms with Crippen molar-refractivity contribution in [1.29, 1.82) is 0 Å². The first-order valence-electron chi connectivity index (χ1n) is 7.74. The summed E-state index contributed by atoms with van der Waals surface area (Å²) in [6.45, 7) is 1.43. The fourth-order valence-electron chi connectivity index (χ4n) is 2.52. The first-order chi connectivity index (χ1) is 12.7. The van der Waals surface area contributed by atoms with Crippen LogP contribution < -0.4 is 10.7 Å². The molecule has 0 aliphatic rings. The Labute approximate surface area is 151 Å². The summed E-state index contributed by atoms with van der Waals surface area (Å²) in [5, 5.41) is 10.2. The maximum atomic E-state index is 13.3. The molecule has 3 aromatic rings. The molecule has 10 heteroatoms. The van der Waals surface area contributed by atoms with E-state index in [1.165, 1.54) is 42.2 Å². The van der Waals surface area contributed by atoms with Gasteiger partial charge in [0.15, 0.2) is 5.69 Å². The van der Waals surface area contributed by atoms with Gasteiger partial charge in [0.25, 0.3) is 5.91 Å². The van der Waals surface area contributed by atoms with Gasteiger partial charge < -0.3 is 5.32 Å². The Balaban J connectivity index is 2.08. The molecular formula is C17H14F3N5O2. The van der Waals surface area contributed by atoms with Crippen molar-refractivity contribution in [1.82, 2.24) is 19.6 Å². The van der Waals surface area contributed by atoms with E-state index in [-0.39, 0.29) is 11.4 Å². The van der Waals surface area contributed by atoms with Gasteiger partial charge in [-0.15, -0.1) is 0 Å². The smallest absolute Gasteiger partial charge is 0.318 e. The largest absolute Gasteiger partial charge is 0.418 e. The average Bonchev–Trinajstić information content (AvgIpc) is 2.99. The predicted molar refractivity (Wildman–Crippen MR) is 90.7 cm³/mol. The highest BCUT2D eigenvalue weighted by Crippen LogP contribution is 2.33. The van der Waals surface area contributed by atoms with Crippen LogP contribution in [0.4, 0.5) is 18.9 Å². The normalized spacial score (nSPS) is 11.4. The summed E-state index contributed by atoms with van der Waals surface area (Å²) in [5.74, 6) is -0.841. The second-order valence-corrected chi connectivity index (χ2v) is 5.78. The maximum Gasteiger partial charge on any atom is 0.418 e. The van der Waals surface area contributed by atoms with E-state index in [1.807, 2.05) is 0 Å². The van der Waals surface area contributed by atoms with E-state index in [1.54, 1.807) is 7.05 Å². The zero-order chi connectivity index (χ0) is 19.8. The second kappa shape index (κ2) is 6.71. The van der Waals surface area contributed by atoms with Gasteiger partial charge in [0.05, 0.1) is 23.1 Å². The molecule has 0 radical (unpaired) electrons. The van der Waals surface area contributed by atoms with E-state index in [0.717, 1.165) is 16.8 Å². The van der Waals surface area contributed by atoms with Gasteiger partial charge in [0.2, 0.25) is 5.43 Å². The number of nitrogens with one attached hydrogen (secondary N) is 1. The molecule has 1 aromatic carbocycles. The number of para-hydroxylation sites is 1. The highest BCUT2D eigenvalue weighted by molar-refractivity contribution is 6.02. The van der Waals surface area contributed by atoms with E-state index in [0.29, 0.717) is 5.69 Å². The van der Waals surface area contributed by atoms with E-state index in [4.69, 9.17) is 0 Å². The van der Waals surface area contributed by atoms with Crippen LogP contribution >= 0.6 is 0 Å². The van der Waals surface area contributed by atoms with Crippen molar-refractivity contribution < 1.29 is 18.0 Å². The van der Waals surface area contributed by atoms with Crippen LogP contribution in [-0.2, 0) is 13.2 Å². The summed E-state index contributed by atoms with van der Waals surface area (Å²) < 4.78 is 42.3. The van der Waals surface area contributed by atoms with Gasteiger partial charge in [-0.1, -0.05) is 12.1 Å². The number of aromatic nitrogens is 4. The van der Waals surface area contributed by atoms with E-state index < -0.39 is 28.8 Å². The zero-order valence-corrected chi connectivity index (χ0v) is 14.3. The molecule has 0 atom stereocenters. The van der Waals surface area contributed by atoms with Gasteiger partial charge in [-0.25, -0.2) is 4.68 Å². The molecule has 2 heterocycles. The molecule has 140 valence electrons. The summed E-state index contributed by atoms with van der Waals surface area (Å²) >= 11 is 0. The number of aryl methyl sites for hydroxylation is 2. The number of nitrogens with zero attached hydrogens (tertiary/aromatic N) is 4. The molecule has 0 spiro atoms. The lowest BCUT2D eigenvalue weighted by Gasteiger charge is -2.16. The predicted octanol–water partition coefficient (Wildman–Crippen LogP) is 2.55. The number of hydrogen-bond donors (Lipinski definition) is 1. The fraction of sp³-hybridized carbons (Fsp3) is 0.176. The van der Waals surface area contributed by atoms with Crippen molar-refractivity contribution >= 4 is 11.6 Å². The molecule has 1 amide bonds. The third kappa shape index (κ3) is 3.73. The topological polar surface area (TPSA) is 81.8 Å². The summed E-state index contributed by atoms with van der Waals surface area (Å²) in [7, 11) is 1.64. The van der Waals surface area contributed by atoms with Crippen LogP contribution in [0.2, 0.25) is 0 Å². The minimum atomic E-state index is -4.62. The van der Waals surface area contributed by atoms with Crippen molar-refractivity contribution in [3.63, 3.8) is 0 Å². The number of benzene rings is 1. The molecule has 1 N–H and O–H groups in total. The molecule has 0 aliphatic carbocycles. The zero-order valence-electron chi connectivity index (χ0n) is 14.3. The van der Waals surface area contributed by atoms with Crippen LogP contribution in [-0.4, -0.2) is 25.5 Å². The third-order valence-electron chi connectivity index (χ3n) is 3.72. The lowest BCUT2D eigenvalue weighted by molar-refractivity contribution is -0.137. The van der Waals surface area contributed by atoms with Gasteiger partial charge >= 0.3 is 6.18 Å². The maximum absolute atomic E-state index is 13.3. The molecule has 7 nitrogen and oxygen atoms in total. The Kier molecular flexibility index (Phi) is 4.56. The summed E-state index contributed by atoms with van der Waals surface area (Å²) in [6, 6.07) is 5.86. The number of amides is 1. The average molecular weight is 377 g/mol. The number of hydrogen-bond acceptors (Lipinski definition) is 4. The minimum Gasteiger partial charge on any atom is -0.318 e. The van der Waals surface area contributed by atoms with Crippen LogP contribution in [0.3, 0.4) is 0 Å². The van der Waals surface area contributed by atoms with Crippen LogP contribution in [0.15, 0.2) is 47.5 Å². The molecular weight excluding hydrogens is 363 g/mol. The summed E-state index contributed by atoms with van der Waals surface area (Å²) in [5.41, 5.74) is -1.95. The van der Waals surface area contributed by atoms with Gasteiger partial charge in [0, 0.05) is 25.0 Å². The molecule has 0 bridgehead atoms. The van der Waals surface area contributed by atoms with Crippen LogP contribution in [0.25, 0.3) is 5.69 Å². The van der Waals surface area contributed by atoms with Crippen LogP contribution in [0.1, 0.15) is 21.7 Å². The number of carbonyl (C=O) groups excluding carboxylic acids is 1. The van der Waals surface area contributed by atoms with Crippen molar-refractivity contribution in [2.75, 3.05) is 5.32 Å². The van der Waals surface area contributed by atoms with Crippen molar-refractivity contribution in [3.05, 3.63) is 69.9 Å². The number of halogens is 3. The van der Waals surface area contributed by atoms with E-state index >= 15 is 0 Å². The summed E-state index contributed by atoms with van der Waals surface area (Å²) in [4.78, 5) is 24.5. The minimum absolute atomic E-state index is 0.162. The molecule has 0 fully saturated rings. The Bertz CT molecular complexity index is 1070. The Morgan fingerprint density at radius 3 is 2.56 bits per heavy atom. The van der Waals surface area contributed by atoms with Gasteiger partial charge in [-0.05, 0) is 19.1 Å². The third-order valence-corrected chi connectivity index (χ3v) is 3.72. The quantitative estimate of drug-likeness (QED) is 0.761. The fourth-order valence-corrected chi connectivity index (χ4v) is 2.52. The Morgan fingerprint density at radius 2 is 1.93 bits per heavy atom. The number of rotatable bonds is 3. The second-order valence-electron chi connectivity index (χ2n) is 5.78. The van der Waals surface area contributed by atoms with E-state index in [2.05, 4.69) is 15.5 Å². The first kappa shape index (κ1) is 18.4. The van der Waals surface area contributed by atoms with Gasteiger partial charge in [0.1, 0.15) is 0 Å². The van der Waals surface area contributed by atoms with Crippen molar-refractivity contribution in [2.24, 2.45) is 7.05 Å². The first-order valence-corrected chi connectivity index (χ1v) is 7.74. The van der Waals surface area contributed by atoms with Crippen molar-refractivity contribution in [3.8, 4) is 5.69 Å². The molecule has 0 saturated carbocycles. The van der Waals surface area contributed by atoms with Gasteiger partial charge in [-0.3, -0.25) is 14.3 Å². The number of carbonyl (C=O) groups is 1. The SMILES string of the molecule is Cc1cc(=O)c(C(=O)Nc2cnn(C)c2)nn1-c1ccccc1C(F)(F)F. The highest BCUT2D eigenvalue weighted by atomic mass is 19.4. The lowest BCUT2D eigenvalue weighted by Crippen LogP contribution is -2.27. The standard InChI is InChI=1S/C17H14F3N5O2/c1-10-7-14(26)15(16(27)22-11-8-21-24(2)9-11)23-25(10)13-6-4-3-5-12(13)17(18,19)20/h3-9H,1-2H3,(H,22,27). The monoisotopic (exact) mass is 377 g/mol. The molecule has 2 aromatic heterocycles. The van der Waals surface area contributed by atoms with Crippen LogP contribution in [0, 0.1) is 6.92 Å². The van der Waals surface area contributed by atoms with Crippen LogP contribution in [0.5, 0.6) is 0 Å². The molecule has 3 rings (SSSR count). The number of anilines is 1. The number of alkyl halides is 3. The highest BCUT2D eigenvalue weighted by Gasteiger charge is 2.34. The molecule has 27 heavy (non-hydrogen) atoms. The van der Waals surface area contributed by atoms with Crippen molar-refractivity contribution in [2.45, 2.75) is 13.1 Å². The lowest BCUT2D eigenvalue weighted by atomic mass is 10.1. The Hall–Kier alpha value is -3.43.